The second-order valence-electron chi connectivity index (χ2n) is 10.2. The van der Waals surface area contributed by atoms with Gasteiger partial charge in [0.05, 0.1) is 26.9 Å². The topological polar surface area (TPSA) is 64.3 Å². The summed E-state index contributed by atoms with van der Waals surface area (Å²) in [5, 5.41) is 12.3. The standard InChI is InChI=1S/C33H37NO5/c1-24-7-4-5-8-25(24)21-34(22-30-9-6-20-38-30)23-31-18-19-32(39-31)33(35,26-10-14-28(36-2)15-11-26)27-12-16-29(37-3)17-13-27/h4-5,7-8,10-19,30,35H,6,9,20-23H2,1-3H3. The molecule has 1 N–H and O–H groups in total. The maximum atomic E-state index is 12.3. The molecule has 1 unspecified atom stereocenters. The lowest BCUT2D eigenvalue weighted by molar-refractivity contribution is 0.0629. The molecule has 0 amide bonds. The first-order valence-electron chi connectivity index (χ1n) is 13.5. The lowest BCUT2D eigenvalue weighted by Gasteiger charge is -2.28. The van der Waals surface area contributed by atoms with Crippen LogP contribution >= 0.6 is 0 Å². The molecule has 1 aromatic heterocycles. The summed E-state index contributed by atoms with van der Waals surface area (Å²) >= 11 is 0. The molecule has 4 aromatic rings. The van der Waals surface area contributed by atoms with Gasteiger partial charge in [0.25, 0.3) is 0 Å². The highest BCUT2D eigenvalue weighted by molar-refractivity contribution is 5.46. The molecule has 1 saturated heterocycles. The van der Waals surface area contributed by atoms with Crippen molar-refractivity contribution in [3.05, 3.63) is 119 Å². The zero-order chi connectivity index (χ0) is 27.2. The number of rotatable bonds is 11. The smallest absolute Gasteiger partial charge is 0.173 e. The summed E-state index contributed by atoms with van der Waals surface area (Å²) in [5.41, 5.74) is 2.43. The van der Waals surface area contributed by atoms with Gasteiger partial charge in [-0.3, -0.25) is 4.90 Å². The largest absolute Gasteiger partial charge is 0.497 e. The fraction of sp³-hybridized carbons (Fsp3) is 0.333. The minimum absolute atomic E-state index is 0.221. The maximum Gasteiger partial charge on any atom is 0.173 e. The Morgan fingerprint density at radius 3 is 2.05 bits per heavy atom. The third kappa shape index (κ3) is 6.04. The number of methoxy groups -OCH3 is 2. The predicted molar refractivity (Wildman–Crippen MR) is 151 cm³/mol. The third-order valence-electron chi connectivity index (χ3n) is 7.55. The van der Waals surface area contributed by atoms with E-state index in [1.807, 2.05) is 60.7 Å². The van der Waals surface area contributed by atoms with Crippen LogP contribution in [-0.2, 0) is 23.4 Å². The average Bonchev–Trinajstić information content (AvgIpc) is 3.67. The minimum Gasteiger partial charge on any atom is -0.497 e. The van der Waals surface area contributed by atoms with E-state index in [9.17, 15) is 5.11 Å². The molecule has 0 aliphatic carbocycles. The van der Waals surface area contributed by atoms with Gasteiger partial charge in [0.15, 0.2) is 5.60 Å². The molecule has 0 bridgehead atoms. The fourth-order valence-corrected chi connectivity index (χ4v) is 5.28. The fourth-order valence-electron chi connectivity index (χ4n) is 5.28. The molecule has 0 radical (unpaired) electrons. The first-order chi connectivity index (χ1) is 19.0. The van der Waals surface area contributed by atoms with Crippen LogP contribution < -0.4 is 9.47 Å². The summed E-state index contributed by atoms with van der Waals surface area (Å²) in [4.78, 5) is 2.38. The Morgan fingerprint density at radius 1 is 0.846 bits per heavy atom. The van der Waals surface area contributed by atoms with E-state index in [2.05, 4.69) is 36.1 Å². The summed E-state index contributed by atoms with van der Waals surface area (Å²) in [6.45, 7) is 5.20. The minimum atomic E-state index is -1.49. The Morgan fingerprint density at radius 2 is 1.49 bits per heavy atom. The lowest BCUT2D eigenvalue weighted by Crippen LogP contribution is -2.31. The third-order valence-corrected chi connectivity index (χ3v) is 7.55. The Hall–Kier alpha value is -3.58. The van der Waals surface area contributed by atoms with Crippen molar-refractivity contribution in [3.63, 3.8) is 0 Å². The molecule has 39 heavy (non-hydrogen) atoms. The van der Waals surface area contributed by atoms with Gasteiger partial charge in [-0.05, 0) is 78.4 Å². The highest BCUT2D eigenvalue weighted by Gasteiger charge is 2.37. The van der Waals surface area contributed by atoms with Gasteiger partial charge in [-0.2, -0.15) is 0 Å². The first kappa shape index (κ1) is 27.0. The predicted octanol–water partition coefficient (Wildman–Crippen LogP) is 6.07. The number of hydrogen-bond acceptors (Lipinski definition) is 6. The van der Waals surface area contributed by atoms with E-state index in [0.29, 0.717) is 23.4 Å². The van der Waals surface area contributed by atoms with E-state index in [1.54, 1.807) is 14.2 Å². The van der Waals surface area contributed by atoms with Crippen molar-refractivity contribution >= 4 is 0 Å². The zero-order valence-electron chi connectivity index (χ0n) is 22.9. The molecule has 0 saturated carbocycles. The van der Waals surface area contributed by atoms with Gasteiger partial charge in [-0.25, -0.2) is 0 Å². The summed E-state index contributed by atoms with van der Waals surface area (Å²) < 4.78 is 23.1. The summed E-state index contributed by atoms with van der Waals surface area (Å²) in [7, 11) is 3.26. The van der Waals surface area contributed by atoms with E-state index in [-0.39, 0.29) is 6.10 Å². The van der Waals surface area contributed by atoms with Crippen molar-refractivity contribution < 1.29 is 23.7 Å². The van der Waals surface area contributed by atoms with E-state index < -0.39 is 5.60 Å². The molecule has 1 fully saturated rings. The molecule has 2 heterocycles. The van der Waals surface area contributed by atoms with Crippen molar-refractivity contribution in [1.29, 1.82) is 0 Å². The van der Waals surface area contributed by atoms with E-state index in [4.69, 9.17) is 18.6 Å². The van der Waals surface area contributed by atoms with Gasteiger partial charge in [-0.15, -0.1) is 0 Å². The first-order valence-corrected chi connectivity index (χ1v) is 13.5. The number of furan rings is 1. The lowest BCUT2D eigenvalue weighted by atomic mass is 9.84. The van der Waals surface area contributed by atoms with Crippen molar-refractivity contribution in [3.8, 4) is 11.5 Å². The van der Waals surface area contributed by atoms with Crippen molar-refractivity contribution in [1.82, 2.24) is 4.90 Å². The van der Waals surface area contributed by atoms with Crippen LogP contribution in [-0.4, -0.2) is 43.5 Å². The van der Waals surface area contributed by atoms with Crippen LogP contribution in [0.5, 0.6) is 11.5 Å². The van der Waals surface area contributed by atoms with E-state index in [0.717, 1.165) is 49.8 Å². The van der Waals surface area contributed by atoms with Gasteiger partial charge >= 0.3 is 0 Å². The van der Waals surface area contributed by atoms with E-state index >= 15 is 0 Å². The molecule has 6 heteroatoms. The Bertz CT molecular complexity index is 1290. The molecule has 1 aliphatic rings. The van der Waals surface area contributed by atoms with Crippen LogP contribution in [0.15, 0.2) is 89.3 Å². The molecule has 1 aliphatic heterocycles. The summed E-state index contributed by atoms with van der Waals surface area (Å²) in [6.07, 6.45) is 2.39. The highest BCUT2D eigenvalue weighted by Crippen LogP contribution is 2.39. The molecule has 5 rings (SSSR count). The van der Waals surface area contributed by atoms with Gasteiger partial charge in [-0.1, -0.05) is 48.5 Å². The van der Waals surface area contributed by atoms with Gasteiger partial charge < -0.3 is 23.7 Å². The molecule has 204 valence electrons. The number of benzene rings is 3. The van der Waals surface area contributed by atoms with Gasteiger partial charge in [0, 0.05) is 19.7 Å². The number of hydrogen-bond donors (Lipinski definition) is 1. The molecule has 3 aromatic carbocycles. The maximum absolute atomic E-state index is 12.3. The van der Waals surface area contributed by atoms with Crippen LogP contribution in [0.2, 0.25) is 0 Å². The molecular formula is C33H37NO5. The van der Waals surface area contributed by atoms with Crippen molar-refractivity contribution in [2.75, 3.05) is 27.4 Å². The average molecular weight is 528 g/mol. The molecule has 0 spiro atoms. The van der Waals surface area contributed by atoms with E-state index in [1.165, 1.54) is 11.1 Å². The SMILES string of the molecule is COc1ccc(C(O)(c2ccc(OC)cc2)c2ccc(CN(Cc3ccccc3C)CC3CCCO3)o2)cc1. The number of aliphatic hydroxyl groups is 1. The van der Waals surface area contributed by atoms with Crippen molar-refractivity contribution in [2.24, 2.45) is 0 Å². The van der Waals surface area contributed by atoms with Crippen LogP contribution in [0.4, 0.5) is 0 Å². The second kappa shape index (κ2) is 12.1. The van der Waals surface area contributed by atoms with Crippen molar-refractivity contribution in [2.45, 2.75) is 44.6 Å². The van der Waals surface area contributed by atoms with Crippen LogP contribution in [0, 0.1) is 6.92 Å². The van der Waals surface area contributed by atoms with Crippen LogP contribution in [0.3, 0.4) is 0 Å². The molecule has 6 nitrogen and oxygen atoms in total. The number of nitrogens with zero attached hydrogens (tertiary/aromatic N) is 1. The number of aryl methyl sites for hydroxylation is 1. The molecule has 1 atom stereocenters. The normalized spacial score (nSPS) is 15.6. The summed E-state index contributed by atoms with van der Waals surface area (Å²) in [5.74, 6) is 2.69. The number of ether oxygens (including phenoxy) is 3. The quantitative estimate of drug-likeness (QED) is 0.255. The monoisotopic (exact) mass is 527 g/mol. The van der Waals surface area contributed by atoms with Gasteiger partial charge in [0.2, 0.25) is 0 Å². The van der Waals surface area contributed by atoms with Gasteiger partial charge in [0.1, 0.15) is 23.0 Å². The Labute approximate surface area is 230 Å². The highest BCUT2D eigenvalue weighted by atomic mass is 16.5. The summed E-state index contributed by atoms with van der Waals surface area (Å²) in [6, 6.07) is 27.2. The Balaban J connectivity index is 1.46. The van der Waals surface area contributed by atoms with Crippen LogP contribution in [0.1, 0.15) is 46.6 Å². The second-order valence-corrected chi connectivity index (χ2v) is 10.2. The zero-order valence-corrected chi connectivity index (χ0v) is 22.9. The Kier molecular flexibility index (Phi) is 8.36. The van der Waals surface area contributed by atoms with Crippen LogP contribution in [0.25, 0.3) is 0 Å². The molecular weight excluding hydrogens is 490 g/mol.